The zero-order valence-corrected chi connectivity index (χ0v) is 11.2. The molecule has 0 radical (unpaired) electrons. The Bertz CT molecular complexity index is 747. The molecule has 6 rings (SSSR count). The van der Waals surface area contributed by atoms with E-state index >= 15 is 0 Å². The van der Waals surface area contributed by atoms with Gasteiger partial charge in [-0.15, -0.1) is 0 Å². The highest BCUT2D eigenvalue weighted by atomic mass is 15.0. The highest BCUT2D eigenvalue weighted by Crippen LogP contribution is 2.55. The van der Waals surface area contributed by atoms with Crippen molar-refractivity contribution in [3.63, 3.8) is 0 Å². The maximum atomic E-state index is 6.05. The van der Waals surface area contributed by atoms with Crippen molar-refractivity contribution in [1.29, 1.82) is 0 Å². The van der Waals surface area contributed by atoms with Gasteiger partial charge >= 0.3 is 0 Å². The van der Waals surface area contributed by atoms with Crippen LogP contribution in [0.2, 0.25) is 0 Å². The first-order valence-electron chi connectivity index (χ1n) is 7.40. The van der Waals surface area contributed by atoms with Crippen molar-refractivity contribution in [2.24, 2.45) is 11.8 Å². The van der Waals surface area contributed by atoms with Crippen LogP contribution in [0.15, 0.2) is 54.7 Å². The van der Waals surface area contributed by atoms with Crippen molar-refractivity contribution >= 4 is 5.69 Å². The van der Waals surface area contributed by atoms with Crippen molar-refractivity contribution < 1.29 is 4.57 Å². The molecule has 2 aromatic rings. The molecule has 0 saturated heterocycles. The van der Waals surface area contributed by atoms with Crippen molar-refractivity contribution in [2.75, 3.05) is 5.73 Å². The van der Waals surface area contributed by atoms with Crippen LogP contribution >= 0.6 is 0 Å². The Kier molecular flexibility index (Phi) is 1.87. The van der Waals surface area contributed by atoms with Crippen LogP contribution in [0.5, 0.6) is 0 Å². The van der Waals surface area contributed by atoms with Crippen LogP contribution in [-0.4, -0.2) is 0 Å². The quantitative estimate of drug-likeness (QED) is 0.441. The maximum Gasteiger partial charge on any atom is 0.190 e. The lowest BCUT2D eigenvalue weighted by atomic mass is 9.63. The Hall–Kier alpha value is -2.09. The summed E-state index contributed by atoms with van der Waals surface area (Å²) >= 11 is 0. The number of rotatable bonds is 0. The molecule has 1 aromatic heterocycles. The zero-order valence-electron chi connectivity index (χ0n) is 11.2. The molecule has 0 spiro atoms. The first-order chi connectivity index (χ1) is 9.84. The molecule has 0 saturated carbocycles. The fraction of sp³-hybridized carbons (Fsp3) is 0.278. The molecule has 2 bridgehead atoms. The van der Waals surface area contributed by atoms with Gasteiger partial charge in [-0.1, -0.05) is 24.3 Å². The van der Waals surface area contributed by atoms with Gasteiger partial charge in [-0.05, 0) is 30.0 Å². The van der Waals surface area contributed by atoms with Gasteiger partial charge in [-0.25, -0.2) is 0 Å². The minimum atomic E-state index is 0.454. The third-order valence-electron chi connectivity index (χ3n) is 5.36. The van der Waals surface area contributed by atoms with E-state index in [0.29, 0.717) is 17.9 Å². The molecule has 0 fully saturated rings. The molecule has 20 heavy (non-hydrogen) atoms. The van der Waals surface area contributed by atoms with E-state index in [2.05, 4.69) is 59.3 Å². The van der Waals surface area contributed by atoms with Gasteiger partial charge in [0, 0.05) is 29.3 Å². The summed E-state index contributed by atoms with van der Waals surface area (Å²) in [7, 11) is 0. The van der Waals surface area contributed by atoms with Crippen LogP contribution < -0.4 is 10.3 Å². The third kappa shape index (κ3) is 1.13. The lowest BCUT2D eigenvalue weighted by Gasteiger charge is -2.43. The van der Waals surface area contributed by atoms with Crippen LogP contribution in [0.3, 0.4) is 0 Å². The molecular formula is C18H17N2+. The second-order valence-corrected chi connectivity index (χ2v) is 6.25. The Labute approximate surface area is 118 Å². The SMILES string of the molecule is Nc1ccc2c(c1)[C@H]1c3cccc[n+]3[C@@H]2[C@H]2C=CC[C@@H]12. The van der Waals surface area contributed by atoms with Crippen LogP contribution in [-0.2, 0) is 0 Å². The van der Waals surface area contributed by atoms with E-state index < -0.39 is 0 Å². The molecule has 0 amide bonds. The third-order valence-corrected chi connectivity index (χ3v) is 5.36. The van der Waals surface area contributed by atoms with E-state index in [1.54, 1.807) is 0 Å². The molecule has 98 valence electrons. The maximum absolute atomic E-state index is 6.05. The number of nitrogens with two attached hydrogens (primary N) is 1. The smallest absolute Gasteiger partial charge is 0.190 e. The van der Waals surface area contributed by atoms with Crippen LogP contribution in [0.1, 0.15) is 35.2 Å². The lowest BCUT2D eigenvalue weighted by molar-refractivity contribution is -0.737. The monoisotopic (exact) mass is 261 g/mol. The van der Waals surface area contributed by atoms with Crippen LogP contribution in [0, 0.1) is 11.8 Å². The number of nitrogens with zero attached hydrogens (tertiary/aromatic N) is 1. The number of aromatic nitrogens is 1. The van der Waals surface area contributed by atoms with E-state index in [0.717, 1.165) is 11.6 Å². The molecule has 2 aliphatic carbocycles. The number of benzene rings is 1. The van der Waals surface area contributed by atoms with Gasteiger partial charge in [0.15, 0.2) is 17.9 Å². The van der Waals surface area contributed by atoms with Crippen LogP contribution in [0.25, 0.3) is 0 Å². The molecule has 0 unspecified atom stereocenters. The number of nitrogen functional groups attached to an aromatic ring is 1. The number of allylic oxidation sites excluding steroid dienone is 2. The van der Waals surface area contributed by atoms with E-state index in [-0.39, 0.29) is 0 Å². The van der Waals surface area contributed by atoms with Gasteiger partial charge in [0.25, 0.3) is 0 Å². The Balaban J connectivity index is 1.85. The first kappa shape index (κ1) is 10.7. The summed E-state index contributed by atoms with van der Waals surface area (Å²) < 4.78 is 2.49. The van der Waals surface area contributed by atoms with Gasteiger partial charge in [-0.2, -0.15) is 4.57 Å². The molecule has 2 heteroatoms. The van der Waals surface area contributed by atoms with Gasteiger partial charge in [0.1, 0.15) is 0 Å². The molecule has 2 aliphatic heterocycles. The molecule has 1 aromatic carbocycles. The predicted octanol–water partition coefficient (Wildman–Crippen LogP) is 2.80. The lowest BCUT2D eigenvalue weighted by Crippen LogP contribution is -2.57. The normalized spacial score (nSPS) is 31.8. The number of hydrogen-bond acceptors (Lipinski definition) is 1. The van der Waals surface area contributed by atoms with Gasteiger partial charge in [0.05, 0.1) is 5.92 Å². The van der Waals surface area contributed by atoms with Gasteiger partial charge < -0.3 is 5.73 Å². The summed E-state index contributed by atoms with van der Waals surface area (Å²) in [6.45, 7) is 0. The molecule has 2 N–H and O–H groups in total. The highest BCUT2D eigenvalue weighted by Gasteiger charge is 2.55. The second-order valence-electron chi connectivity index (χ2n) is 6.25. The summed E-state index contributed by atoms with van der Waals surface area (Å²) in [6.07, 6.45) is 8.26. The number of anilines is 1. The average molecular weight is 261 g/mol. The van der Waals surface area contributed by atoms with E-state index in [9.17, 15) is 0 Å². The molecule has 2 nitrogen and oxygen atoms in total. The Morgan fingerprint density at radius 1 is 1.10 bits per heavy atom. The summed E-state index contributed by atoms with van der Waals surface area (Å²) in [4.78, 5) is 0. The average Bonchev–Trinajstić information content (AvgIpc) is 2.96. The van der Waals surface area contributed by atoms with Crippen molar-refractivity contribution in [1.82, 2.24) is 0 Å². The zero-order chi connectivity index (χ0) is 13.3. The first-order valence-corrected chi connectivity index (χ1v) is 7.40. The Morgan fingerprint density at radius 3 is 3.00 bits per heavy atom. The predicted molar refractivity (Wildman–Crippen MR) is 78.2 cm³/mol. The van der Waals surface area contributed by atoms with Crippen molar-refractivity contribution in [3.8, 4) is 0 Å². The Morgan fingerprint density at radius 2 is 2.05 bits per heavy atom. The van der Waals surface area contributed by atoms with Gasteiger partial charge in [0.2, 0.25) is 0 Å². The molecule has 4 aliphatic rings. The van der Waals surface area contributed by atoms with Crippen molar-refractivity contribution in [3.05, 3.63) is 71.6 Å². The minimum absolute atomic E-state index is 0.454. The second kappa shape index (κ2) is 3.51. The number of pyridine rings is 1. The summed E-state index contributed by atoms with van der Waals surface area (Å²) in [6, 6.07) is 13.6. The minimum Gasteiger partial charge on any atom is -0.399 e. The van der Waals surface area contributed by atoms with Crippen LogP contribution in [0.4, 0.5) is 5.69 Å². The number of hydrogen-bond donors (Lipinski definition) is 1. The molecule has 4 atom stereocenters. The van der Waals surface area contributed by atoms with E-state index in [1.165, 1.54) is 23.2 Å². The summed E-state index contributed by atoms with van der Waals surface area (Å²) in [5, 5.41) is 0. The van der Waals surface area contributed by atoms with Gasteiger partial charge in [-0.3, -0.25) is 0 Å². The summed E-state index contributed by atoms with van der Waals surface area (Å²) in [5.74, 6) is 1.87. The standard InChI is InChI=1S/C18H17N2/c19-11-7-8-14-15(10-11)17-12-4-3-5-13(12)18(14)20-9-2-1-6-16(17)20/h1-3,5-10,12-13,17-18H,4,19H2/q+1/t12-,13+,17+,18-/m1/s1. The largest absolute Gasteiger partial charge is 0.399 e. The fourth-order valence-corrected chi connectivity index (χ4v) is 4.66. The van der Waals surface area contributed by atoms with Crippen molar-refractivity contribution in [2.45, 2.75) is 18.4 Å². The fourth-order valence-electron chi connectivity index (χ4n) is 4.66. The molecule has 3 heterocycles. The molecular weight excluding hydrogens is 244 g/mol. The topological polar surface area (TPSA) is 29.9 Å². The highest BCUT2D eigenvalue weighted by molar-refractivity contribution is 5.52. The van der Waals surface area contributed by atoms with E-state index in [1.807, 2.05) is 0 Å². The van der Waals surface area contributed by atoms with E-state index in [4.69, 9.17) is 5.73 Å². The summed E-state index contributed by atoms with van der Waals surface area (Å²) in [5.41, 5.74) is 11.3.